The first-order valence-corrected chi connectivity index (χ1v) is 4.93. The van der Waals surface area contributed by atoms with Crippen molar-refractivity contribution in [1.82, 2.24) is 0 Å². The van der Waals surface area contributed by atoms with Crippen molar-refractivity contribution in [3.63, 3.8) is 0 Å². The highest BCUT2D eigenvalue weighted by Crippen LogP contribution is 2.16. The second kappa shape index (κ2) is 5.85. The lowest BCUT2D eigenvalue weighted by molar-refractivity contribution is -0.141. The van der Waals surface area contributed by atoms with Crippen LogP contribution in [0.5, 0.6) is 0 Å². The third-order valence-corrected chi connectivity index (χ3v) is 1.86. The molecule has 0 amide bonds. The van der Waals surface area contributed by atoms with Crippen LogP contribution in [-0.2, 0) is 9.53 Å². The normalized spacial score (nSPS) is 9.35. The highest BCUT2D eigenvalue weighted by Gasteiger charge is 2.06. The van der Waals surface area contributed by atoms with Crippen LogP contribution in [0.4, 0.5) is 14.5 Å². The Labute approximate surface area is 97.6 Å². The Morgan fingerprint density at radius 2 is 2.18 bits per heavy atom. The van der Waals surface area contributed by atoms with Crippen LogP contribution in [0.2, 0.25) is 0 Å². The molecule has 2 N–H and O–H groups in total. The molecular weight excluding hydrogens is 228 g/mol. The topological polar surface area (TPSA) is 52.3 Å². The molecule has 0 aliphatic rings. The molecule has 0 atom stereocenters. The summed E-state index contributed by atoms with van der Waals surface area (Å²) in [4.78, 5) is 10.9. The van der Waals surface area contributed by atoms with Crippen LogP contribution in [0.3, 0.4) is 0 Å². The van der Waals surface area contributed by atoms with Gasteiger partial charge >= 0.3 is 5.97 Å². The highest BCUT2D eigenvalue weighted by atomic mass is 19.1. The van der Waals surface area contributed by atoms with Crippen LogP contribution < -0.4 is 5.73 Å². The summed E-state index contributed by atoms with van der Waals surface area (Å²) in [6.45, 7) is 1.93. The van der Waals surface area contributed by atoms with Crippen LogP contribution in [0.1, 0.15) is 18.9 Å². The summed E-state index contributed by atoms with van der Waals surface area (Å²) in [5.41, 5.74) is 5.15. The van der Waals surface area contributed by atoms with Gasteiger partial charge in [0.15, 0.2) is 0 Å². The van der Waals surface area contributed by atoms with Crippen LogP contribution in [0.15, 0.2) is 12.1 Å². The van der Waals surface area contributed by atoms with Gasteiger partial charge in [0.05, 0.1) is 17.9 Å². The highest BCUT2D eigenvalue weighted by molar-refractivity contribution is 5.73. The number of anilines is 1. The van der Waals surface area contributed by atoms with E-state index in [0.29, 0.717) is 6.07 Å². The van der Waals surface area contributed by atoms with Crippen molar-refractivity contribution in [3.8, 4) is 11.8 Å². The average Bonchev–Trinajstić information content (AvgIpc) is 2.25. The molecule has 0 spiro atoms. The van der Waals surface area contributed by atoms with Crippen molar-refractivity contribution >= 4 is 11.7 Å². The minimum atomic E-state index is -0.870. The monoisotopic (exact) mass is 239 g/mol. The number of rotatable bonds is 2. The minimum Gasteiger partial charge on any atom is -0.465 e. The van der Waals surface area contributed by atoms with E-state index in [4.69, 9.17) is 5.73 Å². The first-order chi connectivity index (χ1) is 8.04. The predicted octanol–water partition coefficient (Wildman–Crippen LogP) is 1.85. The molecule has 0 bridgehead atoms. The first kappa shape index (κ1) is 13.0. The Morgan fingerprint density at radius 1 is 1.47 bits per heavy atom. The second-order valence-corrected chi connectivity index (χ2v) is 3.13. The molecule has 0 radical (unpaired) electrons. The third kappa shape index (κ3) is 3.76. The number of hydrogen-bond acceptors (Lipinski definition) is 3. The number of nitrogen functional groups attached to an aromatic ring is 1. The van der Waals surface area contributed by atoms with Gasteiger partial charge in [-0.05, 0) is 13.0 Å². The Morgan fingerprint density at radius 3 is 2.82 bits per heavy atom. The maximum atomic E-state index is 13.0. The van der Waals surface area contributed by atoms with Crippen molar-refractivity contribution in [2.45, 2.75) is 13.3 Å². The molecule has 0 saturated carbocycles. The number of carbonyl (C=O) groups is 1. The van der Waals surface area contributed by atoms with Gasteiger partial charge in [0, 0.05) is 6.07 Å². The number of hydrogen-bond donors (Lipinski definition) is 1. The van der Waals surface area contributed by atoms with Gasteiger partial charge in [0.1, 0.15) is 18.1 Å². The summed E-state index contributed by atoms with van der Waals surface area (Å²) < 4.78 is 30.5. The van der Waals surface area contributed by atoms with E-state index in [1.54, 1.807) is 6.92 Å². The van der Waals surface area contributed by atoms with Gasteiger partial charge in [-0.3, -0.25) is 4.79 Å². The molecular formula is C12H11F2NO2. The SMILES string of the molecule is CCOC(=O)CC#Cc1cc(F)cc(F)c1N. The lowest BCUT2D eigenvalue weighted by Crippen LogP contribution is -2.02. The van der Waals surface area contributed by atoms with E-state index in [2.05, 4.69) is 16.6 Å². The first-order valence-electron chi connectivity index (χ1n) is 4.93. The predicted molar refractivity (Wildman–Crippen MR) is 58.9 cm³/mol. The van der Waals surface area contributed by atoms with Crippen LogP contribution in [0, 0.1) is 23.5 Å². The summed E-state index contributed by atoms with van der Waals surface area (Å²) in [5.74, 6) is 2.74. The van der Waals surface area contributed by atoms with E-state index in [1.807, 2.05) is 0 Å². The number of esters is 1. The molecule has 0 saturated heterocycles. The number of halogens is 2. The molecule has 0 heterocycles. The largest absolute Gasteiger partial charge is 0.465 e. The summed E-state index contributed by atoms with van der Waals surface area (Å²) in [7, 11) is 0. The third-order valence-electron chi connectivity index (χ3n) is 1.86. The molecule has 1 rings (SSSR count). The molecule has 0 aliphatic heterocycles. The molecule has 1 aromatic rings. The molecule has 3 nitrogen and oxygen atoms in total. The van der Waals surface area contributed by atoms with E-state index in [1.165, 1.54) is 0 Å². The summed E-state index contributed by atoms with van der Waals surface area (Å²) in [6, 6.07) is 1.68. The maximum absolute atomic E-state index is 13.0. The average molecular weight is 239 g/mol. The summed E-state index contributed by atoms with van der Waals surface area (Å²) in [5, 5.41) is 0. The van der Waals surface area contributed by atoms with Crippen LogP contribution in [-0.4, -0.2) is 12.6 Å². The number of carbonyl (C=O) groups excluding carboxylic acids is 1. The fourth-order valence-electron chi connectivity index (χ4n) is 1.11. The molecule has 5 heteroatoms. The summed E-state index contributed by atoms with van der Waals surface area (Å²) in [6.07, 6.45) is -0.147. The molecule has 0 fully saturated rings. The Balaban J connectivity index is 2.82. The molecule has 90 valence electrons. The molecule has 17 heavy (non-hydrogen) atoms. The quantitative estimate of drug-likeness (QED) is 0.487. The van der Waals surface area contributed by atoms with Crippen LogP contribution >= 0.6 is 0 Å². The zero-order valence-corrected chi connectivity index (χ0v) is 9.22. The minimum absolute atomic E-state index is 0.0202. The fraction of sp³-hybridized carbons (Fsp3) is 0.250. The van der Waals surface area contributed by atoms with Crippen molar-refractivity contribution < 1.29 is 18.3 Å². The van der Waals surface area contributed by atoms with Gasteiger partial charge in [-0.15, -0.1) is 0 Å². The van der Waals surface area contributed by atoms with Crippen molar-refractivity contribution in [2.75, 3.05) is 12.3 Å². The van der Waals surface area contributed by atoms with Gasteiger partial charge in [0.25, 0.3) is 0 Å². The molecule has 0 unspecified atom stereocenters. The van der Waals surface area contributed by atoms with E-state index in [0.717, 1.165) is 6.07 Å². The zero-order valence-electron chi connectivity index (χ0n) is 9.22. The van der Waals surface area contributed by atoms with E-state index in [9.17, 15) is 13.6 Å². The number of ether oxygens (including phenoxy) is 1. The van der Waals surface area contributed by atoms with E-state index in [-0.39, 0.29) is 24.3 Å². The second-order valence-electron chi connectivity index (χ2n) is 3.13. The van der Waals surface area contributed by atoms with Crippen molar-refractivity contribution in [3.05, 3.63) is 29.3 Å². The van der Waals surface area contributed by atoms with Crippen molar-refractivity contribution in [2.24, 2.45) is 0 Å². The number of benzene rings is 1. The molecule has 0 aromatic heterocycles. The maximum Gasteiger partial charge on any atom is 0.317 e. The van der Waals surface area contributed by atoms with Gasteiger partial charge in [-0.25, -0.2) is 8.78 Å². The van der Waals surface area contributed by atoms with Gasteiger partial charge < -0.3 is 10.5 Å². The smallest absolute Gasteiger partial charge is 0.317 e. The van der Waals surface area contributed by atoms with Gasteiger partial charge in [0.2, 0.25) is 0 Å². The fourth-order valence-corrected chi connectivity index (χ4v) is 1.11. The van der Waals surface area contributed by atoms with Gasteiger partial charge in [-0.2, -0.15) is 0 Å². The van der Waals surface area contributed by atoms with E-state index >= 15 is 0 Å². The number of nitrogens with two attached hydrogens (primary N) is 1. The lowest BCUT2D eigenvalue weighted by Gasteiger charge is -2.00. The van der Waals surface area contributed by atoms with Crippen molar-refractivity contribution in [1.29, 1.82) is 0 Å². The summed E-state index contributed by atoms with van der Waals surface area (Å²) >= 11 is 0. The molecule has 1 aromatic carbocycles. The zero-order chi connectivity index (χ0) is 12.8. The Bertz CT molecular complexity index is 489. The Hall–Kier alpha value is -2.09. The van der Waals surface area contributed by atoms with Crippen LogP contribution in [0.25, 0.3) is 0 Å². The van der Waals surface area contributed by atoms with Gasteiger partial charge in [-0.1, -0.05) is 11.8 Å². The Kier molecular flexibility index (Phi) is 4.46. The molecule has 0 aliphatic carbocycles. The standard InChI is InChI=1S/C12H11F2NO2/c1-2-17-11(16)5-3-4-8-6-9(13)7-10(14)12(8)15/h6-7H,2,5,15H2,1H3. The van der Waals surface area contributed by atoms with E-state index < -0.39 is 17.6 Å². The lowest BCUT2D eigenvalue weighted by atomic mass is 10.1.